The number of methoxy groups -OCH3 is 1. The molecule has 2 aliphatic heterocycles. The highest BCUT2D eigenvalue weighted by Gasteiger charge is 2.50. The van der Waals surface area contributed by atoms with Crippen molar-refractivity contribution in [3.8, 4) is 5.75 Å². The number of nitrogens with zero attached hydrogens (tertiary/aromatic N) is 1. The van der Waals surface area contributed by atoms with Crippen LogP contribution in [0.4, 0.5) is 4.79 Å². The van der Waals surface area contributed by atoms with Crippen LogP contribution in [-0.2, 0) is 19.9 Å². The largest absolute Gasteiger partial charge is 0.497 e. The number of nitrogens with one attached hydrogen (secondary N) is 2. The molecule has 2 aliphatic rings. The molecule has 0 bridgehead atoms. The lowest BCUT2D eigenvalue weighted by molar-refractivity contribution is -0.913. The van der Waals surface area contributed by atoms with Gasteiger partial charge in [0.25, 0.3) is 5.91 Å². The molecule has 2 N–H and O–H groups in total. The van der Waals surface area contributed by atoms with E-state index in [4.69, 9.17) is 9.47 Å². The molecule has 3 amide bonds. The highest BCUT2D eigenvalue weighted by Crippen LogP contribution is 2.30. The predicted octanol–water partition coefficient (Wildman–Crippen LogP) is 0.278. The molecule has 8 heteroatoms. The fourth-order valence-corrected chi connectivity index (χ4v) is 3.87. The minimum atomic E-state index is -1.12. The third-order valence-corrected chi connectivity index (χ3v) is 5.62. The number of rotatable bonds is 6. The Balaban J connectivity index is 1.65. The number of urea groups is 1. The van der Waals surface area contributed by atoms with Crippen molar-refractivity contribution in [1.82, 2.24) is 10.2 Å². The summed E-state index contributed by atoms with van der Waals surface area (Å²) < 4.78 is 10.3. The van der Waals surface area contributed by atoms with Crippen molar-refractivity contribution < 1.29 is 28.8 Å². The summed E-state index contributed by atoms with van der Waals surface area (Å²) in [4.78, 5) is 39.9. The number of esters is 1. The highest BCUT2D eigenvalue weighted by molar-refractivity contribution is 6.07. The molecule has 0 aliphatic carbocycles. The molecule has 0 radical (unpaired) electrons. The molecule has 28 heavy (non-hydrogen) atoms. The summed E-state index contributed by atoms with van der Waals surface area (Å²) >= 11 is 0. The monoisotopic (exact) mass is 390 g/mol. The number of hydrogen-bond acceptors (Lipinski definition) is 5. The molecule has 0 saturated carbocycles. The smallest absolute Gasteiger partial charge is 0.329 e. The summed E-state index contributed by atoms with van der Waals surface area (Å²) in [6.07, 6.45) is 1.40. The number of carbonyl (C=O) groups excluding carboxylic acids is 3. The van der Waals surface area contributed by atoms with E-state index in [1.807, 2.05) is 6.07 Å². The van der Waals surface area contributed by atoms with E-state index in [9.17, 15) is 14.4 Å². The van der Waals surface area contributed by atoms with E-state index in [-0.39, 0.29) is 17.8 Å². The first-order valence-electron chi connectivity index (χ1n) is 9.68. The summed E-state index contributed by atoms with van der Waals surface area (Å²) in [5.41, 5.74) is -0.433. The number of hydrogen-bond donors (Lipinski definition) is 2. The van der Waals surface area contributed by atoms with Gasteiger partial charge in [0.15, 0.2) is 6.67 Å². The molecule has 0 unspecified atom stereocenters. The molecule has 3 rings (SSSR count). The van der Waals surface area contributed by atoms with E-state index in [0.717, 1.165) is 18.0 Å². The van der Waals surface area contributed by atoms with Gasteiger partial charge in [-0.3, -0.25) is 9.59 Å². The van der Waals surface area contributed by atoms with Crippen LogP contribution in [0.3, 0.4) is 0 Å². The van der Waals surface area contributed by atoms with E-state index in [1.54, 1.807) is 39.2 Å². The van der Waals surface area contributed by atoms with Crippen LogP contribution in [0, 0.1) is 5.92 Å². The van der Waals surface area contributed by atoms with Crippen molar-refractivity contribution in [2.45, 2.75) is 32.2 Å². The third-order valence-electron chi connectivity index (χ3n) is 5.62. The average molecular weight is 390 g/mol. The summed E-state index contributed by atoms with van der Waals surface area (Å²) in [6.45, 7) is 5.63. The zero-order chi connectivity index (χ0) is 20.3. The molecule has 2 heterocycles. The third kappa shape index (κ3) is 3.82. The molecular formula is C20H28N3O5+. The van der Waals surface area contributed by atoms with Crippen LogP contribution in [0.2, 0.25) is 0 Å². The van der Waals surface area contributed by atoms with E-state index in [0.29, 0.717) is 37.4 Å². The van der Waals surface area contributed by atoms with Crippen molar-refractivity contribution >= 4 is 17.9 Å². The lowest BCUT2D eigenvalue weighted by atomic mass is 9.92. The maximum Gasteiger partial charge on any atom is 0.329 e. The molecule has 1 aromatic rings. The Morgan fingerprint density at radius 2 is 2.04 bits per heavy atom. The van der Waals surface area contributed by atoms with Gasteiger partial charge in [0.2, 0.25) is 0 Å². The van der Waals surface area contributed by atoms with Crippen LogP contribution in [0.15, 0.2) is 24.3 Å². The Kier molecular flexibility index (Phi) is 5.88. The van der Waals surface area contributed by atoms with Crippen LogP contribution < -0.4 is 15.0 Å². The number of benzene rings is 1. The standard InChI is InChI=1S/C20H27N3O5/c1-4-28-17(24)14-8-10-22(11-9-14)13-23-18(25)20(2,21-19(23)26)15-6-5-7-16(12-15)27-3/h5-7,12,14H,4,8-11,13H2,1-3H3,(H,21,26)/p+1/t20-/m0/s1. The van der Waals surface area contributed by atoms with Gasteiger partial charge in [-0.15, -0.1) is 0 Å². The average Bonchev–Trinajstić information content (AvgIpc) is 2.93. The highest BCUT2D eigenvalue weighted by atomic mass is 16.5. The lowest BCUT2D eigenvalue weighted by Crippen LogP contribution is -3.14. The first-order valence-corrected chi connectivity index (χ1v) is 9.68. The Hall–Kier alpha value is -2.61. The number of ether oxygens (including phenoxy) is 2. The van der Waals surface area contributed by atoms with Gasteiger partial charge in [0.1, 0.15) is 11.3 Å². The molecular weight excluding hydrogens is 362 g/mol. The van der Waals surface area contributed by atoms with Crippen molar-refractivity contribution in [3.63, 3.8) is 0 Å². The molecule has 2 fully saturated rings. The van der Waals surface area contributed by atoms with Crippen LogP contribution in [0.25, 0.3) is 0 Å². The number of imide groups is 1. The first-order chi connectivity index (χ1) is 13.4. The van der Waals surface area contributed by atoms with Gasteiger partial charge in [-0.2, -0.15) is 0 Å². The van der Waals surface area contributed by atoms with Gasteiger partial charge in [0, 0.05) is 12.8 Å². The molecule has 0 aromatic heterocycles. The maximum absolute atomic E-state index is 13.1. The molecule has 0 spiro atoms. The zero-order valence-corrected chi connectivity index (χ0v) is 16.6. The first kappa shape index (κ1) is 20.1. The summed E-state index contributed by atoms with van der Waals surface area (Å²) in [7, 11) is 1.56. The SMILES string of the molecule is CCOC(=O)C1CC[NH+](CN2C(=O)N[C@@](C)(c3cccc(OC)c3)C2=O)CC1. The second-order valence-electron chi connectivity index (χ2n) is 7.45. The Morgan fingerprint density at radius 1 is 1.32 bits per heavy atom. The minimum Gasteiger partial charge on any atom is -0.497 e. The van der Waals surface area contributed by atoms with Crippen LogP contribution in [-0.4, -0.2) is 56.3 Å². The van der Waals surface area contributed by atoms with Crippen LogP contribution in [0.5, 0.6) is 5.75 Å². The zero-order valence-electron chi connectivity index (χ0n) is 16.6. The summed E-state index contributed by atoms with van der Waals surface area (Å²) in [5.74, 6) is 0.118. The van der Waals surface area contributed by atoms with E-state index in [1.165, 1.54) is 4.90 Å². The number of amides is 3. The molecule has 1 aromatic carbocycles. The number of carbonyl (C=O) groups is 3. The summed E-state index contributed by atoms with van der Waals surface area (Å²) in [6, 6.07) is 6.77. The Labute approximate surface area is 164 Å². The summed E-state index contributed by atoms with van der Waals surface area (Å²) in [5, 5.41) is 2.83. The molecule has 2 saturated heterocycles. The minimum absolute atomic E-state index is 0.0890. The molecule has 1 atom stereocenters. The number of likely N-dealkylation sites (tertiary alicyclic amines) is 1. The van der Waals surface area contributed by atoms with Crippen molar-refractivity contribution in [3.05, 3.63) is 29.8 Å². The van der Waals surface area contributed by atoms with Crippen molar-refractivity contribution in [2.75, 3.05) is 33.5 Å². The van der Waals surface area contributed by atoms with E-state index >= 15 is 0 Å². The van der Waals surface area contributed by atoms with Gasteiger partial charge in [-0.05, 0) is 31.5 Å². The van der Waals surface area contributed by atoms with Gasteiger partial charge in [-0.1, -0.05) is 12.1 Å². The van der Waals surface area contributed by atoms with Crippen molar-refractivity contribution in [1.29, 1.82) is 0 Å². The molecule has 152 valence electrons. The molecule has 8 nitrogen and oxygen atoms in total. The van der Waals surface area contributed by atoms with Crippen LogP contribution >= 0.6 is 0 Å². The maximum atomic E-state index is 13.1. The van der Waals surface area contributed by atoms with Crippen molar-refractivity contribution in [2.24, 2.45) is 5.92 Å². The topological polar surface area (TPSA) is 89.4 Å². The second-order valence-corrected chi connectivity index (χ2v) is 7.45. The van der Waals surface area contributed by atoms with Crippen LogP contribution in [0.1, 0.15) is 32.3 Å². The van der Waals surface area contributed by atoms with Gasteiger partial charge in [0.05, 0.1) is 32.7 Å². The van der Waals surface area contributed by atoms with Gasteiger partial charge >= 0.3 is 12.0 Å². The fourth-order valence-electron chi connectivity index (χ4n) is 3.87. The van der Waals surface area contributed by atoms with Gasteiger partial charge in [-0.25, -0.2) is 9.69 Å². The second kappa shape index (κ2) is 8.18. The van der Waals surface area contributed by atoms with E-state index in [2.05, 4.69) is 5.32 Å². The van der Waals surface area contributed by atoms with Gasteiger partial charge < -0.3 is 19.7 Å². The lowest BCUT2D eigenvalue weighted by Gasteiger charge is -2.30. The predicted molar refractivity (Wildman–Crippen MR) is 101 cm³/mol. The number of quaternary nitrogens is 1. The fraction of sp³-hybridized carbons (Fsp3) is 0.550. The Bertz CT molecular complexity index is 760. The normalized spacial score (nSPS) is 27.5. The Morgan fingerprint density at radius 3 is 2.68 bits per heavy atom. The number of piperidine rings is 1. The quantitative estimate of drug-likeness (QED) is 0.538. The van der Waals surface area contributed by atoms with E-state index < -0.39 is 11.6 Å².